The van der Waals surface area contributed by atoms with Crippen molar-refractivity contribution in [1.29, 1.82) is 0 Å². The second-order valence-electron chi connectivity index (χ2n) is 5.45. The van der Waals surface area contributed by atoms with E-state index in [1.807, 2.05) is 17.5 Å². The molecule has 0 aliphatic heterocycles. The van der Waals surface area contributed by atoms with E-state index < -0.39 is 11.7 Å². The molecule has 3 aromatic rings. The van der Waals surface area contributed by atoms with Crippen LogP contribution in [0.25, 0.3) is 10.2 Å². The molecule has 1 atom stereocenters. The Morgan fingerprint density at radius 1 is 1.38 bits per heavy atom. The van der Waals surface area contributed by atoms with Crippen molar-refractivity contribution < 1.29 is 13.2 Å². The van der Waals surface area contributed by atoms with E-state index in [1.54, 1.807) is 18.3 Å². The van der Waals surface area contributed by atoms with Crippen LogP contribution in [-0.4, -0.2) is 16.2 Å². The molecule has 128 valence electrons. The molecule has 9 heteroatoms. The highest BCUT2D eigenvalue weighted by Gasteiger charge is 2.38. The first-order valence-corrected chi connectivity index (χ1v) is 8.92. The Morgan fingerprint density at radius 3 is 2.79 bits per heavy atom. The number of halogens is 3. The van der Waals surface area contributed by atoms with E-state index >= 15 is 0 Å². The van der Waals surface area contributed by atoms with Crippen LogP contribution in [0.2, 0.25) is 0 Å². The van der Waals surface area contributed by atoms with Crippen molar-refractivity contribution in [3.05, 3.63) is 39.0 Å². The lowest BCUT2D eigenvalue weighted by atomic mass is 10.1. The molecular formula is C15H15F3N4S2. The van der Waals surface area contributed by atoms with Gasteiger partial charge in [-0.3, -0.25) is 0 Å². The van der Waals surface area contributed by atoms with Gasteiger partial charge in [0, 0.05) is 22.3 Å². The zero-order chi connectivity index (χ0) is 17.3. The monoisotopic (exact) mass is 372 g/mol. The third kappa shape index (κ3) is 3.52. The highest BCUT2D eigenvalue weighted by molar-refractivity contribution is 7.19. The van der Waals surface area contributed by atoms with Gasteiger partial charge in [-0.15, -0.1) is 27.8 Å². The molecule has 4 nitrogen and oxygen atoms in total. The first kappa shape index (κ1) is 17.1. The SMILES string of the molecule is C[C@H](N)Cc1sc2c(NCc3cccs3)cnnc2c1C(F)(F)F. The lowest BCUT2D eigenvalue weighted by molar-refractivity contribution is -0.136. The summed E-state index contributed by atoms with van der Waals surface area (Å²) in [6, 6.07) is 3.52. The third-order valence-electron chi connectivity index (χ3n) is 3.37. The van der Waals surface area contributed by atoms with Crippen molar-refractivity contribution in [3.63, 3.8) is 0 Å². The molecule has 24 heavy (non-hydrogen) atoms. The molecule has 3 aromatic heterocycles. The third-order valence-corrected chi connectivity index (χ3v) is 5.48. The fraction of sp³-hybridized carbons (Fsp3) is 0.333. The minimum absolute atomic E-state index is 0.112. The molecular weight excluding hydrogens is 357 g/mol. The van der Waals surface area contributed by atoms with Crippen LogP contribution in [0.1, 0.15) is 22.2 Å². The van der Waals surface area contributed by atoms with Crippen LogP contribution in [0.4, 0.5) is 18.9 Å². The van der Waals surface area contributed by atoms with Crippen molar-refractivity contribution in [3.8, 4) is 0 Å². The van der Waals surface area contributed by atoms with E-state index in [1.165, 1.54) is 6.20 Å². The van der Waals surface area contributed by atoms with Gasteiger partial charge in [-0.2, -0.15) is 18.3 Å². The number of nitrogens with two attached hydrogens (primary N) is 1. The standard InChI is InChI=1S/C15H15F3N4S2/c1-8(19)5-11-12(15(16,17)18)13-14(24-11)10(7-21-22-13)20-6-9-3-2-4-23-9/h2-4,7-8H,5-6,19H2,1H3,(H,20,22)/t8-/m0/s1. The van der Waals surface area contributed by atoms with Gasteiger partial charge in [-0.25, -0.2) is 0 Å². The van der Waals surface area contributed by atoms with Gasteiger partial charge in [0.15, 0.2) is 0 Å². The number of hydrogen-bond acceptors (Lipinski definition) is 6. The molecule has 0 unspecified atom stereocenters. The van der Waals surface area contributed by atoms with E-state index in [2.05, 4.69) is 15.5 Å². The van der Waals surface area contributed by atoms with Crippen molar-refractivity contribution in [2.24, 2.45) is 5.73 Å². The van der Waals surface area contributed by atoms with Gasteiger partial charge in [-0.05, 0) is 24.8 Å². The molecule has 3 N–H and O–H groups in total. The van der Waals surface area contributed by atoms with Crippen LogP contribution >= 0.6 is 22.7 Å². The van der Waals surface area contributed by atoms with E-state index in [-0.39, 0.29) is 22.9 Å². The number of alkyl halides is 3. The summed E-state index contributed by atoms with van der Waals surface area (Å²) in [5.74, 6) is 0. The second-order valence-corrected chi connectivity index (χ2v) is 7.59. The van der Waals surface area contributed by atoms with Crippen LogP contribution in [0.3, 0.4) is 0 Å². The van der Waals surface area contributed by atoms with Gasteiger partial charge >= 0.3 is 6.18 Å². The minimum atomic E-state index is -4.48. The Balaban J connectivity index is 2.04. The molecule has 3 rings (SSSR count). The fourth-order valence-electron chi connectivity index (χ4n) is 2.40. The lowest BCUT2D eigenvalue weighted by Gasteiger charge is -2.09. The smallest absolute Gasteiger partial charge is 0.378 e. The highest BCUT2D eigenvalue weighted by atomic mass is 32.1. The summed E-state index contributed by atoms with van der Waals surface area (Å²) in [6.07, 6.45) is -2.87. The van der Waals surface area contributed by atoms with E-state index in [0.29, 0.717) is 16.9 Å². The lowest BCUT2D eigenvalue weighted by Crippen LogP contribution is -2.19. The summed E-state index contributed by atoms with van der Waals surface area (Å²) in [7, 11) is 0. The van der Waals surface area contributed by atoms with Crippen molar-refractivity contribution in [2.75, 3.05) is 5.32 Å². The Morgan fingerprint density at radius 2 is 2.17 bits per heavy atom. The summed E-state index contributed by atoms with van der Waals surface area (Å²) >= 11 is 2.66. The molecule has 0 spiro atoms. The number of nitrogens with zero attached hydrogens (tertiary/aromatic N) is 2. The largest absolute Gasteiger partial charge is 0.419 e. The van der Waals surface area contributed by atoms with Gasteiger partial charge < -0.3 is 11.1 Å². The predicted octanol–water partition coefficient (Wildman–Crippen LogP) is 4.27. The predicted molar refractivity (Wildman–Crippen MR) is 91.4 cm³/mol. The number of nitrogens with one attached hydrogen (secondary N) is 1. The Bertz CT molecular complexity index is 825. The van der Waals surface area contributed by atoms with Gasteiger partial charge in [0.2, 0.25) is 0 Å². The summed E-state index contributed by atoms with van der Waals surface area (Å²) < 4.78 is 40.9. The molecule has 0 saturated carbocycles. The van der Waals surface area contributed by atoms with Gasteiger partial charge in [0.05, 0.1) is 22.1 Å². The highest BCUT2D eigenvalue weighted by Crippen LogP contribution is 2.43. The topological polar surface area (TPSA) is 63.8 Å². The molecule has 3 heterocycles. The molecule has 0 saturated heterocycles. The van der Waals surface area contributed by atoms with Crippen LogP contribution in [0.15, 0.2) is 23.7 Å². The second kappa shape index (κ2) is 6.66. The number of hydrogen-bond donors (Lipinski definition) is 2. The molecule has 0 bridgehead atoms. The van der Waals surface area contributed by atoms with Gasteiger partial charge in [0.1, 0.15) is 5.52 Å². The zero-order valence-electron chi connectivity index (χ0n) is 12.7. The Labute approximate surface area is 144 Å². The van der Waals surface area contributed by atoms with Crippen LogP contribution in [0.5, 0.6) is 0 Å². The summed E-state index contributed by atoms with van der Waals surface area (Å²) in [4.78, 5) is 1.29. The number of rotatable bonds is 5. The Kier molecular flexibility index (Phi) is 4.75. The zero-order valence-corrected chi connectivity index (χ0v) is 14.4. The van der Waals surface area contributed by atoms with Crippen molar-refractivity contribution in [1.82, 2.24) is 10.2 Å². The van der Waals surface area contributed by atoms with Gasteiger partial charge in [0.25, 0.3) is 0 Å². The molecule has 0 aliphatic carbocycles. The normalized spacial score (nSPS) is 13.4. The number of aromatic nitrogens is 2. The number of anilines is 1. The van der Waals surface area contributed by atoms with Gasteiger partial charge in [-0.1, -0.05) is 6.07 Å². The molecule has 0 aromatic carbocycles. The number of thiophene rings is 2. The maximum absolute atomic E-state index is 13.5. The molecule has 0 amide bonds. The minimum Gasteiger partial charge on any atom is -0.378 e. The fourth-order valence-corrected chi connectivity index (χ4v) is 4.43. The summed E-state index contributed by atoms with van der Waals surface area (Å²) in [5, 5.41) is 12.6. The molecule has 0 fully saturated rings. The average molecular weight is 372 g/mol. The quantitative estimate of drug-likeness (QED) is 0.702. The van der Waals surface area contributed by atoms with Crippen LogP contribution in [0, 0.1) is 0 Å². The van der Waals surface area contributed by atoms with E-state index in [4.69, 9.17) is 5.73 Å². The Hall–Kier alpha value is -1.71. The molecule has 0 aliphatic rings. The maximum atomic E-state index is 13.5. The number of fused-ring (bicyclic) bond motifs is 1. The van der Waals surface area contributed by atoms with E-state index in [9.17, 15) is 13.2 Å². The first-order valence-electron chi connectivity index (χ1n) is 7.22. The van der Waals surface area contributed by atoms with E-state index in [0.717, 1.165) is 16.2 Å². The van der Waals surface area contributed by atoms with Crippen molar-refractivity contribution in [2.45, 2.75) is 32.1 Å². The van der Waals surface area contributed by atoms with Crippen LogP contribution in [-0.2, 0) is 19.1 Å². The first-order chi connectivity index (χ1) is 11.4. The summed E-state index contributed by atoms with van der Waals surface area (Å²) in [6.45, 7) is 2.21. The summed E-state index contributed by atoms with van der Waals surface area (Å²) in [5.41, 5.74) is 5.44. The van der Waals surface area contributed by atoms with Crippen LogP contribution < -0.4 is 11.1 Å². The molecule has 0 radical (unpaired) electrons. The van der Waals surface area contributed by atoms with Crippen molar-refractivity contribution >= 4 is 38.6 Å². The average Bonchev–Trinajstić information content (AvgIpc) is 3.10. The maximum Gasteiger partial charge on any atom is 0.419 e.